The Hall–Kier alpha value is -5.04. The Balaban J connectivity index is 1.58. The second-order valence-electron chi connectivity index (χ2n) is 12.4. The van der Waals surface area contributed by atoms with Crippen LogP contribution in [0.4, 0.5) is 11.6 Å². The first-order valence-corrected chi connectivity index (χ1v) is 14.9. The minimum absolute atomic E-state index is 0.229. The molecule has 0 N–H and O–H groups in total. The van der Waals surface area contributed by atoms with E-state index in [2.05, 4.69) is 117 Å². The lowest BCUT2D eigenvalue weighted by Gasteiger charge is -2.24. The number of fused-ring (bicyclic) bond motifs is 10. The molecule has 6 nitrogen and oxygen atoms in total. The molecule has 0 radical (unpaired) electrons. The van der Waals surface area contributed by atoms with Gasteiger partial charge in [-0.3, -0.25) is 0 Å². The van der Waals surface area contributed by atoms with Crippen LogP contribution in [0.1, 0.15) is 44.5 Å². The lowest BCUT2D eigenvalue weighted by Crippen LogP contribution is -2.55. The van der Waals surface area contributed by atoms with Crippen molar-refractivity contribution in [3.63, 3.8) is 0 Å². The standard InChI is InChI=1S/C36H29BN6/c1-18-12-25-26(13-19(18)2)32-38-31(25)39-33-27-14-20(3)22(5)16-29(27)35-41-36-30-17-23(6)21(4)15-28(30)34(40-32)43(36)37(42(33)35)24-10-8-7-9-11-24/h7-17H,1-6H3. The molecule has 3 aliphatic heterocycles. The van der Waals surface area contributed by atoms with Gasteiger partial charge < -0.3 is 8.96 Å². The summed E-state index contributed by atoms with van der Waals surface area (Å²) in [7, 11) is 0. The van der Waals surface area contributed by atoms with Gasteiger partial charge in [0.1, 0.15) is 22.6 Å². The minimum Gasteiger partial charge on any atom is -0.329 e. The Kier molecular flexibility index (Phi) is 4.73. The summed E-state index contributed by atoms with van der Waals surface area (Å²) in [4.78, 5) is 21.4. The third kappa shape index (κ3) is 3.19. The van der Waals surface area contributed by atoms with Gasteiger partial charge in [-0.25, -0.2) is 20.0 Å². The molecule has 3 aliphatic rings. The first-order chi connectivity index (χ1) is 20.8. The van der Waals surface area contributed by atoms with E-state index in [1.807, 2.05) is 0 Å². The lowest BCUT2D eigenvalue weighted by molar-refractivity contribution is 0.928. The van der Waals surface area contributed by atoms with E-state index in [-0.39, 0.29) is 6.98 Å². The Morgan fingerprint density at radius 2 is 0.930 bits per heavy atom. The first kappa shape index (κ1) is 24.6. The number of nitrogens with zero attached hydrogens (tertiary/aromatic N) is 6. The maximum atomic E-state index is 5.48. The number of benzene rings is 4. The van der Waals surface area contributed by atoms with Crippen molar-refractivity contribution in [1.82, 2.24) is 8.96 Å². The lowest BCUT2D eigenvalue weighted by atomic mass is 9.66. The quantitative estimate of drug-likeness (QED) is 0.224. The van der Waals surface area contributed by atoms with Gasteiger partial charge in [0.25, 0.3) is 0 Å². The van der Waals surface area contributed by atoms with Crippen LogP contribution < -0.4 is 16.4 Å². The van der Waals surface area contributed by atoms with Crippen LogP contribution in [0.3, 0.4) is 0 Å². The Morgan fingerprint density at radius 1 is 0.465 bits per heavy atom. The summed E-state index contributed by atoms with van der Waals surface area (Å²) in [6.07, 6.45) is 0. The van der Waals surface area contributed by atoms with Crippen molar-refractivity contribution in [2.75, 3.05) is 0 Å². The molecule has 0 spiro atoms. The number of amidine groups is 2. The zero-order valence-electron chi connectivity index (χ0n) is 25.1. The zero-order valence-corrected chi connectivity index (χ0v) is 25.1. The summed E-state index contributed by atoms with van der Waals surface area (Å²) in [6.45, 7) is 12.8. The number of hydrogen-bond donors (Lipinski definition) is 0. The Morgan fingerprint density at radius 3 is 1.51 bits per heavy atom. The normalized spacial score (nSPS) is 14.4. The van der Waals surface area contributed by atoms with Gasteiger partial charge >= 0.3 is 6.98 Å². The predicted molar refractivity (Wildman–Crippen MR) is 176 cm³/mol. The second-order valence-corrected chi connectivity index (χ2v) is 12.4. The maximum Gasteiger partial charge on any atom is 0.425 e. The van der Waals surface area contributed by atoms with E-state index < -0.39 is 0 Å². The van der Waals surface area contributed by atoms with Gasteiger partial charge in [-0.05, 0) is 117 Å². The van der Waals surface area contributed by atoms with Gasteiger partial charge in [-0.2, -0.15) is 0 Å². The summed E-state index contributed by atoms with van der Waals surface area (Å²) >= 11 is 0. The van der Waals surface area contributed by atoms with Gasteiger partial charge in [0, 0.05) is 32.7 Å². The van der Waals surface area contributed by atoms with Crippen molar-refractivity contribution in [2.45, 2.75) is 41.5 Å². The van der Waals surface area contributed by atoms with Gasteiger partial charge in [0.2, 0.25) is 0 Å². The summed E-state index contributed by atoms with van der Waals surface area (Å²) in [5.41, 5.74) is 12.4. The van der Waals surface area contributed by atoms with Crippen LogP contribution >= 0.6 is 0 Å². The minimum atomic E-state index is -0.229. The van der Waals surface area contributed by atoms with Gasteiger partial charge in [-0.15, -0.1) is 0 Å². The van der Waals surface area contributed by atoms with E-state index in [4.69, 9.17) is 20.0 Å². The van der Waals surface area contributed by atoms with E-state index >= 15 is 0 Å². The molecule has 9 rings (SSSR count). The fourth-order valence-corrected chi connectivity index (χ4v) is 6.93. The number of aryl methyl sites for hydroxylation is 6. The molecular weight excluding hydrogens is 527 g/mol. The molecule has 7 heteroatoms. The molecule has 4 aromatic carbocycles. The van der Waals surface area contributed by atoms with Crippen molar-refractivity contribution >= 4 is 57.3 Å². The maximum absolute atomic E-state index is 5.48. The summed E-state index contributed by atoms with van der Waals surface area (Å²) in [5, 5.41) is 4.39. The molecule has 206 valence electrons. The monoisotopic (exact) mass is 556 g/mol. The highest BCUT2D eigenvalue weighted by atomic mass is 15.2. The average molecular weight is 556 g/mol. The van der Waals surface area contributed by atoms with E-state index in [1.165, 1.54) is 33.4 Å². The highest BCUT2D eigenvalue weighted by Gasteiger charge is 2.38. The number of hydrogen-bond acceptors (Lipinski definition) is 4. The largest absolute Gasteiger partial charge is 0.425 e. The van der Waals surface area contributed by atoms with Crippen LogP contribution in [-0.2, 0) is 0 Å². The molecule has 4 bridgehead atoms. The van der Waals surface area contributed by atoms with Gasteiger partial charge in [0.15, 0.2) is 11.7 Å². The molecule has 6 aromatic rings. The molecule has 0 atom stereocenters. The van der Waals surface area contributed by atoms with Crippen molar-refractivity contribution in [2.24, 2.45) is 20.0 Å². The molecule has 2 aromatic heterocycles. The van der Waals surface area contributed by atoms with E-state index in [1.54, 1.807) is 0 Å². The Labute approximate surface area is 249 Å². The average Bonchev–Trinajstić information content (AvgIpc) is 3.57. The van der Waals surface area contributed by atoms with E-state index in [9.17, 15) is 0 Å². The highest BCUT2D eigenvalue weighted by molar-refractivity contribution is 6.72. The third-order valence-electron chi connectivity index (χ3n) is 9.69. The number of aliphatic imine (C=N–C) groups is 2. The molecule has 0 saturated heterocycles. The van der Waals surface area contributed by atoms with Crippen molar-refractivity contribution in [1.29, 1.82) is 0 Å². The first-order valence-electron chi connectivity index (χ1n) is 14.9. The molecule has 43 heavy (non-hydrogen) atoms. The zero-order chi connectivity index (χ0) is 29.3. The molecule has 5 heterocycles. The van der Waals surface area contributed by atoms with Crippen LogP contribution in [0.15, 0.2) is 86.7 Å². The number of rotatable bonds is 1. The van der Waals surface area contributed by atoms with Crippen molar-refractivity contribution in [3.05, 3.63) is 122 Å². The van der Waals surface area contributed by atoms with Crippen molar-refractivity contribution < 1.29 is 0 Å². The Bertz CT molecular complexity index is 2460. The van der Waals surface area contributed by atoms with E-state index in [0.717, 1.165) is 60.7 Å². The van der Waals surface area contributed by atoms with Crippen molar-refractivity contribution in [3.8, 4) is 0 Å². The molecular formula is C36H29BN6. The summed E-state index contributed by atoms with van der Waals surface area (Å²) < 4.78 is 4.63. The molecule has 0 fully saturated rings. The SMILES string of the molecule is Cc1cc2c(cc1C)C1=Nc3c4cc(C)c(C)cc4c4n3B(c3ccccc3)n3c(c5cc(C)c(C)cc5c3=N4)=NC2=N1. The molecule has 0 unspecified atom stereocenters. The molecule has 0 amide bonds. The van der Waals surface area contributed by atoms with E-state index in [0.29, 0.717) is 11.7 Å². The molecule has 0 saturated carbocycles. The van der Waals surface area contributed by atoms with Gasteiger partial charge in [-0.1, -0.05) is 30.3 Å². The van der Waals surface area contributed by atoms with Gasteiger partial charge in [0.05, 0.1) is 0 Å². The van der Waals surface area contributed by atoms with Crippen LogP contribution in [0, 0.1) is 41.5 Å². The fourth-order valence-electron chi connectivity index (χ4n) is 6.93. The molecule has 0 aliphatic carbocycles. The van der Waals surface area contributed by atoms with Crippen LogP contribution in [0.5, 0.6) is 0 Å². The number of aromatic nitrogens is 2. The van der Waals surface area contributed by atoms with Crippen LogP contribution in [0.2, 0.25) is 0 Å². The van der Waals surface area contributed by atoms with Crippen LogP contribution in [0.25, 0.3) is 21.5 Å². The smallest absolute Gasteiger partial charge is 0.329 e. The van der Waals surface area contributed by atoms with Crippen LogP contribution in [-0.4, -0.2) is 27.6 Å². The second kappa shape index (κ2) is 8.29. The predicted octanol–water partition coefficient (Wildman–Crippen LogP) is 5.97. The summed E-state index contributed by atoms with van der Waals surface area (Å²) in [6, 6.07) is 24.2. The highest BCUT2D eigenvalue weighted by Crippen LogP contribution is 2.42. The topological polar surface area (TPSA) is 59.3 Å². The third-order valence-corrected chi connectivity index (χ3v) is 9.69. The fraction of sp³-hybridized carbons (Fsp3) is 0.167. The summed E-state index contributed by atoms with van der Waals surface area (Å²) in [5.74, 6) is 3.20.